The molecular formula is C25H24N4O2S. The highest BCUT2D eigenvalue weighted by Crippen LogP contribution is 2.34. The molecule has 1 amide bonds. The fourth-order valence-corrected chi connectivity index (χ4v) is 4.63. The first kappa shape index (κ1) is 20.5. The zero-order valence-corrected chi connectivity index (χ0v) is 18.9. The van der Waals surface area contributed by atoms with E-state index in [4.69, 9.17) is 4.74 Å². The van der Waals surface area contributed by atoms with Crippen LogP contribution in [0, 0.1) is 0 Å². The monoisotopic (exact) mass is 444 g/mol. The van der Waals surface area contributed by atoms with E-state index in [1.807, 2.05) is 60.8 Å². The second kappa shape index (κ2) is 8.61. The Bertz CT molecular complexity index is 1280. The maximum absolute atomic E-state index is 12.8. The fraction of sp³-hybridized carbons (Fsp3) is 0.200. The molecule has 0 unspecified atom stereocenters. The van der Waals surface area contributed by atoms with Gasteiger partial charge in [-0.2, -0.15) is 0 Å². The summed E-state index contributed by atoms with van der Waals surface area (Å²) in [7, 11) is 3.99. The van der Waals surface area contributed by atoms with Crippen molar-refractivity contribution in [3.8, 4) is 5.75 Å². The predicted octanol–water partition coefficient (Wildman–Crippen LogP) is 4.97. The molecule has 162 valence electrons. The molecule has 0 spiro atoms. The first-order valence-corrected chi connectivity index (χ1v) is 11.3. The summed E-state index contributed by atoms with van der Waals surface area (Å²) in [5.74, 6) is 0.757. The first-order chi connectivity index (χ1) is 15.6. The normalized spacial score (nSPS) is 13.2. The molecule has 1 aliphatic heterocycles. The number of rotatable bonds is 5. The van der Waals surface area contributed by atoms with Gasteiger partial charge in [-0.3, -0.25) is 10.1 Å². The van der Waals surface area contributed by atoms with Crippen LogP contribution in [-0.2, 0) is 13.1 Å². The maximum Gasteiger partial charge on any atom is 0.257 e. The van der Waals surface area contributed by atoms with Gasteiger partial charge in [-0.1, -0.05) is 36.4 Å². The number of carbonyl (C=O) groups is 1. The molecule has 3 aromatic carbocycles. The topological polar surface area (TPSA) is 57.7 Å². The molecule has 0 atom stereocenters. The van der Waals surface area contributed by atoms with Crippen LogP contribution in [-0.4, -0.2) is 36.6 Å². The van der Waals surface area contributed by atoms with E-state index in [0.717, 1.165) is 30.2 Å². The van der Waals surface area contributed by atoms with E-state index in [-0.39, 0.29) is 5.91 Å². The van der Waals surface area contributed by atoms with E-state index < -0.39 is 0 Å². The standard InChI is InChI=1S/C25H24N4O2S/c1-28(2)13-19-15-32-25(26-19)27-24(30)18-7-5-8-20(12-18)29-14-22-21-9-4-3-6-17(21)10-11-23(22)31-16-29/h3-12,15H,13-14,16H2,1-2H3,(H,26,27,30). The SMILES string of the molecule is CN(C)Cc1csc(NC(=O)c2cccc(N3COc4ccc5ccccc5c4C3)c2)n1. The van der Waals surface area contributed by atoms with Gasteiger partial charge < -0.3 is 14.5 Å². The molecule has 0 radical (unpaired) electrons. The quantitative estimate of drug-likeness (QED) is 0.471. The lowest BCUT2D eigenvalue weighted by Gasteiger charge is -2.31. The molecule has 5 rings (SSSR count). The second-order valence-electron chi connectivity index (χ2n) is 8.12. The maximum atomic E-state index is 12.8. The number of benzene rings is 3. The summed E-state index contributed by atoms with van der Waals surface area (Å²) in [5, 5.41) is 7.89. The summed E-state index contributed by atoms with van der Waals surface area (Å²) < 4.78 is 6.04. The van der Waals surface area contributed by atoms with E-state index in [9.17, 15) is 4.79 Å². The van der Waals surface area contributed by atoms with Gasteiger partial charge in [0.25, 0.3) is 5.91 Å². The van der Waals surface area contributed by atoms with Gasteiger partial charge in [0.2, 0.25) is 0 Å². The third-order valence-electron chi connectivity index (χ3n) is 5.45. The lowest BCUT2D eigenvalue weighted by molar-refractivity contribution is 0.102. The van der Waals surface area contributed by atoms with Gasteiger partial charge in [0.05, 0.1) is 12.2 Å². The van der Waals surface area contributed by atoms with Gasteiger partial charge in [0.1, 0.15) is 5.75 Å². The highest BCUT2D eigenvalue weighted by atomic mass is 32.1. The van der Waals surface area contributed by atoms with Crippen molar-refractivity contribution in [2.75, 3.05) is 31.0 Å². The van der Waals surface area contributed by atoms with Gasteiger partial charge in [0.15, 0.2) is 11.9 Å². The number of ether oxygens (including phenoxy) is 1. The van der Waals surface area contributed by atoms with Crippen molar-refractivity contribution in [3.63, 3.8) is 0 Å². The molecule has 32 heavy (non-hydrogen) atoms. The minimum absolute atomic E-state index is 0.165. The number of anilines is 2. The molecule has 0 fully saturated rings. The number of fused-ring (bicyclic) bond motifs is 3. The molecule has 1 aliphatic rings. The van der Waals surface area contributed by atoms with E-state index in [1.54, 1.807) is 0 Å². The minimum Gasteiger partial charge on any atom is -0.473 e. The van der Waals surface area contributed by atoms with Gasteiger partial charge in [-0.15, -0.1) is 11.3 Å². The highest BCUT2D eigenvalue weighted by Gasteiger charge is 2.21. The molecular weight excluding hydrogens is 420 g/mol. The number of amides is 1. The smallest absolute Gasteiger partial charge is 0.257 e. The van der Waals surface area contributed by atoms with E-state index in [2.05, 4.69) is 39.5 Å². The Morgan fingerprint density at radius 3 is 2.91 bits per heavy atom. The third-order valence-corrected chi connectivity index (χ3v) is 6.25. The van der Waals surface area contributed by atoms with E-state index in [0.29, 0.717) is 17.4 Å². The molecule has 0 saturated carbocycles. The Hall–Kier alpha value is -3.42. The highest BCUT2D eigenvalue weighted by molar-refractivity contribution is 7.14. The lowest BCUT2D eigenvalue weighted by Crippen LogP contribution is -2.32. The Labute approximate surface area is 191 Å². The van der Waals surface area contributed by atoms with Crippen molar-refractivity contribution < 1.29 is 9.53 Å². The summed E-state index contributed by atoms with van der Waals surface area (Å²) >= 11 is 1.44. The summed E-state index contributed by atoms with van der Waals surface area (Å²) in [6, 6.07) is 20.1. The Morgan fingerprint density at radius 2 is 2.03 bits per heavy atom. The van der Waals surface area contributed by atoms with Crippen LogP contribution < -0.4 is 15.0 Å². The molecule has 0 bridgehead atoms. The average Bonchev–Trinajstić information content (AvgIpc) is 3.24. The molecule has 6 nitrogen and oxygen atoms in total. The number of thiazole rings is 1. The van der Waals surface area contributed by atoms with Crippen molar-refractivity contribution in [3.05, 3.63) is 82.9 Å². The van der Waals surface area contributed by atoms with Gasteiger partial charge in [0, 0.05) is 28.7 Å². The Morgan fingerprint density at radius 1 is 1.16 bits per heavy atom. The lowest BCUT2D eigenvalue weighted by atomic mass is 10.0. The van der Waals surface area contributed by atoms with Crippen molar-refractivity contribution >= 4 is 38.8 Å². The fourth-order valence-electron chi connectivity index (χ4n) is 3.94. The number of aromatic nitrogens is 1. The Balaban J connectivity index is 1.35. The third kappa shape index (κ3) is 4.17. The van der Waals surface area contributed by atoms with Crippen molar-refractivity contribution in [1.82, 2.24) is 9.88 Å². The predicted molar refractivity (Wildman–Crippen MR) is 130 cm³/mol. The second-order valence-corrected chi connectivity index (χ2v) is 8.98. The van der Waals surface area contributed by atoms with E-state index in [1.165, 1.54) is 27.7 Å². The molecule has 4 aromatic rings. The van der Waals surface area contributed by atoms with Crippen LogP contribution >= 0.6 is 11.3 Å². The van der Waals surface area contributed by atoms with Gasteiger partial charge in [-0.25, -0.2) is 4.98 Å². The first-order valence-electron chi connectivity index (χ1n) is 10.5. The van der Waals surface area contributed by atoms with Gasteiger partial charge in [-0.05, 0) is 49.1 Å². The van der Waals surface area contributed by atoms with Crippen LogP contribution in [0.25, 0.3) is 10.8 Å². The zero-order chi connectivity index (χ0) is 22.1. The molecule has 2 heterocycles. The minimum atomic E-state index is -0.165. The zero-order valence-electron chi connectivity index (χ0n) is 18.0. The molecule has 1 N–H and O–H groups in total. The molecule has 7 heteroatoms. The van der Waals surface area contributed by atoms with E-state index >= 15 is 0 Å². The van der Waals surface area contributed by atoms with Crippen molar-refractivity contribution in [2.24, 2.45) is 0 Å². The number of nitrogens with one attached hydrogen (secondary N) is 1. The van der Waals surface area contributed by atoms with Crippen LogP contribution in [0.1, 0.15) is 21.6 Å². The van der Waals surface area contributed by atoms with Crippen LogP contribution in [0.5, 0.6) is 5.75 Å². The van der Waals surface area contributed by atoms with Crippen molar-refractivity contribution in [2.45, 2.75) is 13.1 Å². The number of hydrogen-bond donors (Lipinski definition) is 1. The summed E-state index contributed by atoms with van der Waals surface area (Å²) in [5.41, 5.74) is 3.65. The molecule has 1 aromatic heterocycles. The summed E-state index contributed by atoms with van der Waals surface area (Å²) in [6.45, 7) is 1.91. The molecule has 0 aliphatic carbocycles. The average molecular weight is 445 g/mol. The summed E-state index contributed by atoms with van der Waals surface area (Å²) in [4.78, 5) is 21.5. The number of carbonyl (C=O) groups excluding carboxylic acids is 1. The van der Waals surface area contributed by atoms with Crippen LogP contribution in [0.15, 0.2) is 66.0 Å². The van der Waals surface area contributed by atoms with Gasteiger partial charge >= 0.3 is 0 Å². The number of hydrogen-bond acceptors (Lipinski definition) is 6. The largest absolute Gasteiger partial charge is 0.473 e. The number of nitrogens with zero attached hydrogens (tertiary/aromatic N) is 3. The Kier molecular flexibility index (Phi) is 5.51. The van der Waals surface area contributed by atoms with Crippen molar-refractivity contribution in [1.29, 1.82) is 0 Å². The van der Waals surface area contributed by atoms with Crippen LogP contribution in [0.2, 0.25) is 0 Å². The van der Waals surface area contributed by atoms with Crippen LogP contribution in [0.3, 0.4) is 0 Å². The summed E-state index contributed by atoms with van der Waals surface area (Å²) in [6.07, 6.45) is 0. The van der Waals surface area contributed by atoms with Crippen LogP contribution in [0.4, 0.5) is 10.8 Å². The molecule has 0 saturated heterocycles.